The molecule has 0 bridgehead atoms. The molecule has 28 heavy (non-hydrogen) atoms. The van der Waals surface area contributed by atoms with Crippen molar-refractivity contribution in [2.24, 2.45) is 0 Å². The quantitative estimate of drug-likeness (QED) is 0.414. The summed E-state index contributed by atoms with van der Waals surface area (Å²) >= 11 is 0. The van der Waals surface area contributed by atoms with Gasteiger partial charge < -0.3 is 14.9 Å². The minimum atomic E-state index is -4.37. The number of fused-ring (bicyclic) bond motifs is 1. The highest BCUT2D eigenvalue weighted by Crippen LogP contribution is 2.35. The first-order valence-electron chi connectivity index (χ1n) is 8.41. The van der Waals surface area contributed by atoms with Crippen LogP contribution in [-0.4, -0.2) is 27.5 Å². The third kappa shape index (κ3) is 7.58. The average molecular weight is 406 g/mol. The standard InChI is InChI=1S/C11H8O2.C9H12FO4P/c12-11(13)10-6-5-8-3-1-2-4-9(8)7-10;10-9-5-1-3-8(7-9)4-2-6-14-15(11,12)13/h1-7H,(H,12,13);1,3,5,7H,2,4,6H2,(H2,11,12,13). The zero-order valence-corrected chi connectivity index (χ0v) is 15.8. The number of phosphoric acid groups is 1. The van der Waals surface area contributed by atoms with Crippen LogP contribution in [0.15, 0.2) is 66.7 Å². The normalized spacial score (nSPS) is 11.0. The molecule has 0 aliphatic rings. The molecule has 0 fully saturated rings. The molecule has 0 unspecified atom stereocenters. The molecule has 0 radical (unpaired) electrons. The van der Waals surface area contributed by atoms with Gasteiger partial charge in [0.2, 0.25) is 0 Å². The van der Waals surface area contributed by atoms with Gasteiger partial charge in [-0.05, 0) is 53.4 Å². The molecule has 0 aliphatic carbocycles. The van der Waals surface area contributed by atoms with Gasteiger partial charge in [0, 0.05) is 0 Å². The maximum absolute atomic E-state index is 12.7. The van der Waals surface area contributed by atoms with E-state index in [0.29, 0.717) is 18.4 Å². The fourth-order valence-electron chi connectivity index (χ4n) is 2.47. The number of aryl methyl sites for hydroxylation is 1. The van der Waals surface area contributed by atoms with E-state index in [1.54, 1.807) is 24.3 Å². The second kappa shape index (κ2) is 10.1. The smallest absolute Gasteiger partial charge is 0.469 e. The number of aromatic carboxylic acids is 1. The molecule has 0 amide bonds. The van der Waals surface area contributed by atoms with E-state index in [1.165, 1.54) is 12.1 Å². The van der Waals surface area contributed by atoms with Crippen LogP contribution in [0.5, 0.6) is 0 Å². The van der Waals surface area contributed by atoms with Crippen LogP contribution in [-0.2, 0) is 15.5 Å². The van der Waals surface area contributed by atoms with Crippen LogP contribution in [0.25, 0.3) is 10.8 Å². The van der Waals surface area contributed by atoms with Gasteiger partial charge in [-0.15, -0.1) is 0 Å². The summed E-state index contributed by atoms with van der Waals surface area (Å²) in [5.74, 6) is -1.20. The van der Waals surface area contributed by atoms with Crippen molar-refractivity contribution < 1.29 is 33.2 Å². The summed E-state index contributed by atoms with van der Waals surface area (Å²) in [5, 5.41) is 10.8. The van der Waals surface area contributed by atoms with E-state index in [0.717, 1.165) is 16.3 Å². The molecular weight excluding hydrogens is 386 g/mol. The van der Waals surface area contributed by atoms with Crippen LogP contribution < -0.4 is 0 Å². The number of benzene rings is 3. The highest BCUT2D eigenvalue weighted by Gasteiger charge is 2.12. The predicted octanol–water partition coefficient (Wildman–Crippen LogP) is 4.41. The maximum atomic E-state index is 12.7. The van der Waals surface area contributed by atoms with Gasteiger partial charge in [-0.25, -0.2) is 13.8 Å². The third-order valence-corrected chi connectivity index (χ3v) is 4.27. The van der Waals surface area contributed by atoms with Crippen molar-refractivity contribution in [2.75, 3.05) is 6.61 Å². The van der Waals surface area contributed by atoms with Gasteiger partial charge >= 0.3 is 13.8 Å². The number of hydrogen-bond acceptors (Lipinski definition) is 3. The van der Waals surface area contributed by atoms with Crippen molar-refractivity contribution in [1.29, 1.82) is 0 Å². The first kappa shape index (κ1) is 21.7. The molecule has 8 heteroatoms. The molecule has 0 aliphatic heterocycles. The summed E-state index contributed by atoms with van der Waals surface area (Å²) in [6, 6.07) is 18.9. The Morgan fingerprint density at radius 3 is 2.32 bits per heavy atom. The Balaban J connectivity index is 0.000000202. The minimum Gasteiger partial charge on any atom is -0.478 e. The number of rotatable bonds is 6. The van der Waals surface area contributed by atoms with Crippen molar-refractivity contribution in [3.8, 4) is 0 Å². The zero-order chi connectivity index (χ0) is 20.6. The topological polar surface area (TPSA) is 104 Å². The number of carboxylic acids is 1. The number of carboxylic acid groups (broad SMARTS) is 1. The molecule has 0 aromatic heterocycles. The molecule has 0 saturated carbocycles. The summed E-state index contributed by atoms with van der Waals surface area (Å²) < 4.78 is 27.3. The summed E-state index contributed by atoms with van der Waals surface area (Å²) in [6.07, 6.45) is 0.965. The van der Waals surface area contributed by atoms with Crippen LogP contribution in [0.2, 0.25) is 0 Å². The van der Waals surface area contributed by atoms with E-state index in [4.69, 9.17) is 14.9 Å². The van der Waals surface area contributed by atoms with Crippen molar-refractivity contribution >= 4 is 24.6 Å². The average Bonchev–Trinajstić information content (AvgIpc) is 2.65. The lowest BCUT2D eigenvalue weighted by Gasteiger charge is -2.04. The van der Waals surface area contributed by atoms with Crippen molar-refractivity contribution in [3.63, 3.8) is 0 Å². The Morgan fingerprint density at radius 2 is 1.68 bits per heavy atom. The first-order valence-corrected chi connectivity index (χ1v) is 9.94. The Labute approximate surface area is 161 Å². The van der Waals surface area contributed by atoms with Crippen LogP contribution >= 0.6 is 7.82 Å². The monoisotopic (exact) mass is 406 g/mol. The zero-order valence-electron chi connectivity index (χ0n) is 14.9. The summed E-state index contributed by atoms with van der Waals surface area (Å²) in [7, 11) is -4.37. The van der Waals surface area contributed by atoms with Gasteiger partial charge in [-0.1, -0.05) is 42.5 Å². The van der Waals surface area contributed by atoms with Gasteiger partial charge in [0.1, 0.15) is 5.82 Å². The molecule has 0 heterocycles. The summed E-state index contributed by atoms with van der Waals surface area (Å²) in [6.45, 7) is -0.0409. The van der Waals surface area contributed by atoms with Crippen LogP contribution in [0, 0.1) is 5.82 Å². The molecule has 3 rings (SSSR count). The minimum absolute atomic E-state index is 0.0409. The maximum Gasteiger partial charge on any atom is 0.469 e. The second-order valence-corrected chi connectivity index (χ2v) is 7.16. The van der Waals surface area contributed by atoms with E-state index in [9.17, 15) is 13.8 Å². The van der Waals surface area contributed by atoms with Gasteiger partial charge in [0.05, 0.1) is 12.2 Å². The number of hydrogen-bond donors (Lipinski definition) is 3. The van der Waals surface area contributed by atoms with Crippen LogP contribution in [0.4, 0.5) is 4.39 Å². The molecule has 0 atom stereocenters. The Morgan fingerprint density at radius 1 is 0.964 bits per heavy atom. The first-order chi connectivity index (χ1) is 13.2. The number of halogens is 1. The highest BCUT2D eigenvalue weighted by molar-refractivity contribution is 7.46. The molecule has 0 spiro atoms. The van der Waals surface area contributed by atoms with E-state index in [2.05, 4.69) is 4.52 Å². The predicted molar refractivity (Wildman–Crippen MR) is 104 cm³/mol. The van der Waals surface area contributed by atoms with Gasteiger partial charge in [-0.3, -0.25) is 4.52 Å². The largest absolute Gasteiger partial charge is 0.478 e. The lowest BCUT2D eigenvalue weighted by Crippen LogP contribution is -1.95. The molecule has 3 aromatic carbocycles. The lowest BCUT2D eigenvalue weighted by atomic mass is 10.1. The number of carbonyl (C=O) groups is 1. The number of phosphoric ester groups is 1. The van der Waals surface area contributed by atoms with Gasteiger partial charge in [0.15, 0.2) is 0 Å². The highest BCUT2D eigenvalue weighted by atomic mass is 31.2. The SMILES string of the molecule is O=C(O)c1ccc2ccccc2c1.O=P(O)(O)OCCCc1cccc(F)c1. The van der Waals surface area contributed by atoms with Crippen LogP contribution in [0.1, 0.15) is 22.3 Å². The van der Waals surface area contributed by atoms with Crippen molar-refractivity contribution in [1.82, 2.24) is 0 Å². The fourth-order valence-corrected chi connectivity index (χ4v) is 2.84. The lowest BCUT2D eigenvalue weighted by molar-refractivity contribution is 0.0697. The van der Waals surface area contributed by atoms with Crippen molar-refractivity contribution in [3.05, 3.63) is 83.7 Å². The molecular formula is C20H20FO6P. The molecule has 3 N–H and O–H groups in total. The Kier molecular flexibility index (Phi) is 7.84. The van der Waals surface area contributed by atoms with Gasteiger partial charge in [0.25, 0.3) is 0 Å². The van der Waals surface area contributed by atoms with Crippen LogP contribution in [0.3, 0.4) is 0 Å². The molecule has 148 valence electrons. The second-order valence-electron chi connectivity index (χ2n) is 5.92. The van der Waals surface area contributed by atoms with Gasteiger partial charge in [-0.2, -0.15) is 0 Å². The fraction of sp³-hybridized carbons (Fsp3) is 0.150. The third-order valence-electron chi connectivity index (χ3n) is 3.75. The van der Waals surface area contributed by atoms with E-state index >= 15 is 0 Å². The Hall–Kier alpha value is -2.57. The van der Waals surface area contributed by atoms with E-state index < -0.39 is 13.8 Å². The van der Waals surface area contributed by atoms with Crippen molar-refractivity contribution in [2.45, 2.75) is 12.8 Å². The Bertz CT molecular complexity index is 985. The molecule has 6 nitrogen and oxygen atoms in total. The molecule has 3 aromatic rings. The van der Waals surface area contributed by atoms with E-state index in [-0.39, 0.29) is 12.4 Å². The summed E-state index contributed by atoms with van der Waals surface area (Å²) in [4.78, 5) is 27.4. The summed E-state index contributed by atoms with van der Waals surface area (Å²) in [5.41, 5.74) is 1.11. The molecule has 0 saturated heterocycles. The van der Waals surface area contributed by atoms with E-state index in [1.807, 2.05) is 30.3 Å².